The quantitative estimate of drug-likeness (QED) is 0.602. The van der Waals surface area contributed by atoms with Crippen molar-refractivity contribution in [2.75, 3.05) is 6.61 Å². The Hall–Kier alpha value is -2.67. The molecule has 0 saturated carbocycles. The summed E-state index contributed by atoms with van der Waals surface area (Å²) < 4.78 is 11.9. The first-order chi connectivity index (χ1) is 13.0. The minimum Gasteiger partial charge on any atom is -0.484 e. The number of nitrogens with one attached hydrogen (secondary N) is 1. The molecule has 0 bridgehead atoms. The van der Waals surface area contributed by atoms with Crippen LogP contribution in [0.15, 0.2) is 63.6 Å². The maximum absolute atomic E-state index is 12.3. The third-order valence-corrected chi connectivity index (χ3v) is 4.44. The molecule has 7 heteroatoms. The van der Waals surface area contributed by atoms with E-state index in [0.29, 0.717) is 17.5 Å². The summed E-state index contributed by atoms with van der Waals surface area (Å²) in [6, 6.07) is 16.5. The zero-order chi connectivity index (χ0) is 19.2. The maximum Gasteiger partial charge on any atom is 0.258 e. The molecule has 0 aliphatic rings. The molecular weight excluding hydrogens is 410 g/mol. The van der Waals surface area contributed by atoms with Crippen LogP contribution in [-0.2, 0) is 4.79 Å². The van der Waals surface area contributed by atoms with Crippen LogP contribution < -0.4 is 10.1 Å². The van der Waals surface area contributed by atoms with Crippen molar-refractivity contribution in [1.29, 1.82) is 0 Å². The number of aromatic nitrogens is 2. The van der Waals surface area contributed by atoms with Gasteiger partial charge in [-0.1, -0.05) is 65.3 Å². The Labute approximate surface area is 166 Å². The lowest BCUT2D eigenvalue weighted by atomic mass is 10.0. The molecule has 1 heterocycles. The molecule has 0 saturated heterocycles. The molecule has 1 N–H and O–H groups in total. The Morgan fingerprint density at radius 1 is 1.15 bits per heavy atom. The third-order valence-electron chi connectivity index (χ3n) is 3.91. The smallest absolute Gasteiger partial charge is 0.258 e. The van der Waals surface area contributed by atoms with Crippen molar-refractivity contribution in [1.82, 2.24) is 15.5 Å². The lowest BCUT2D eigenvalue weighted by Gasteiger charge is -2.18. The second-order valence-corrected chi connectivity index (χ2v) is 7.27. The average molecular weight is 430 g/mol. The molecule has 140 valence electrons. The summed E-state index contributed by atoms with van der Waals surface area (Å²) in [5.74, 6) is 1.32. The zero-order valence-electron chi connectivity index (χ0n) is 15.1. The summed E-state index contributed by atoms with van der Waals surface area (Å²) >= 11 is 3.36. The standard InChI is InChI=1S/C20H20BrN3O3/c1-13(2)18(20-23-19(24-27-20)14-6-4-3-5-7-14)22-17(25)12-26-16-10-8-15(21)9-11-16/h3-11,13,18H,12H2,1-2H3,(H,22,25)/t18-/m0/s1. The molecule has 3 aromatic rings. The van der Waals surface area contributed by atoms with Gasteiger partial charge in [0, 0.05) is 10.0 Å². The van der Waals surface area contributed by atoms with Crippen LogP contribution >= 0.6 is 15.9 Å². The van der Waals surface area contributed by atoms with Crippen LogP contribution in [-0.4, -0.2) is 22.7 Å². The molecule has 0 aliphatic heterocycles. The summed E-state index contributed by atoms with van der Waals surface area (Å²) in [5, 5.41) is 6.94. The van der Waals surface area contributed by atoms with E-state index in [4.69, 9.17) is 9.26 Å². The maximum atomic E-state index is 12.3. The van der Waals surface area contributed by atoms with Crippen LogP contribution in [0.3, 0.4) is 0 Å². The van der Waals surface area contributed by atoms with E-state index in [0.717, 1.165) is 10.0 Å². The molecule has 1 amide bonds. The topological polar surface area (TPSA) is 77.2 Å². The fraction of sp³-hybridized carbons (Fsp3) is 0.250. The molecule has 0 spiro atoms. The van der Waals surface area contributed by atoms with Crippen LogP contribution in [0.5, 0.6) is 5.75 Å². The number of halogens is 1. The van der Waals surface area contributed by atoms with Crippen molar-refractivity contribution < 1.29 is 14.1 Å². The predicted octanol–water partition coefficient (Wildman–Crippen LogP) is 4.39. The van der Waals surface area contributed by atoms with E-state index >= 15 is 0 Å². The second-order valence-electron chi connectivity index (χ2n) is 6.35. The van der Waals surface area contributed by atoms with Gasteiger partial charge >= 0.3 is 0 Å². The van der Waals surface area contributed by atoms with Crippen molar-refractivity contribution in [3.8, 4) is 17.1 Å². The summed E-state index contributed by atoms with van der Waals surface area (Å²) in [6.07, 6.45) is 0. The molecule has 0 radical (unpaired) electrons. The first-order valence-corrected chi connectivity index (χ1v) is 9.39. The van der Waals surface area contributed by atoms with Gasteiger partial charge in [-0.15, -0.1) is 0 Å². The van der Waals surface area contributed by atoms with Crippen molar-refractivity contribution in [3.05, 3.63) is 65.0 Å². The highest BCUT2D eigenvalue weighted by molar-refractivity contribution is 9.10. The number of hydrogen-bond donors (Lipinski definition) is 1. The van der Waals surface area contributed by atoms with Gasteiger partial charge in [0.25, 0.3) is 5.91 Å². The SMILES string of the molecule is CC(C)[C@H](NC(=O)COc1ccc(Br)cc1)c1nc(-c2ccccc2)no1. The van der Waals surface area contributed by atoms with Gasteiger partial charge in [-0.25, -0.2) is 0 Å². The van der Waals surface area contributed by atoms with Crippen molar-refractivity contribution >= 4 is 21.8 Å². The van der Waals surface area contributed by atoms with Crippen LogP contribution in [0.1, 0.15) is 25.8 Å². The number of carbonyl (C=O) groups excluding carboxylic acids is 1. The summed E-state index contributed by atoms with van der Waals surface area (Å²) in [4.78, 5) is 16.8. The molecule has 2 aromatic carbocycles. The Bertz CT molecular complexity index is 879. The van der Waals surface area contributed by atoms with E-state index in [2.05, 4.69) is 31.4 Å². The first kappa shape index (κ1) is 19.1. The highest BCUT2D eigenvalue weighted by Gasteiger charge is 2.25. The number of rotatable bonds is 7. The number of benzene rings is 2. The fourth-order valence-corrected chi connectivity index (χ4v) is 2.74. The number of amides is 1. The summed E-state index contributed by atoms with van der Waals surface area (Å²) in [7, 11) is 0. The number of nitrogens with zero attached hydrogens (tertiary/aromatic N) is 2. The number of hydrogen-bond acceptors (Lipinski definition) is 5. The zero-order valence-corrected chi connectivity index (χ0v) is 16.6. The van der Waals surface area contributed by atoms with Crippen molar-refractivity contribution in [3.63, 3.8) is 0 Å². The minimum atomic E-state index is -0.393. The van der Waals surface area contributed by atoms with Gasteiger partial charge in [0.1, 0.15) is 11.8 Å². The van der Waals surface area contributed by atoms with Crippen LogP contribution in [0.25, 0.3) is 11.4 Å². The van der Waals surface area contributed by atoms with Crippen LogP contribution in [0, 0.1) is 5.92 Å². The monoisotopic (exact) mass is 429 g/mol. The average Bonchev–Trinajstić information content (AvgIpc) is 3.16. The van der Waals surface area contributed by atoms with Gasteiger partial charge in [-0.3, -0.25) is 4.79 Å². The van der Waals surface area contributed by atoms with Gasteiger partial charge in [-0.2, -0.15) is 4.98 Å². The van der Waals surface area contributed by atoms with Crippen molar-refractivity contribution in [2.45, 2.75) is 19.9 Å². The Morgan fingerprint density at radius 2 is 1.85 bits per heavy atom. The normalized spacial score (nSPS) is 12.0. The molecule has 27 heavy (non-hydrogen) atoms. The Morgan fingerprint density at radius 3 is 2.52 bits per heavy atom. The lowest BCUT2D eigenvalue weighted by Crippen LogP contribution is -2.35. The fourth-order valence-electron chi connectivity index (χ4n) is 2.47. The van der Waals surface area contributed by atoms with E-state index in [9.17, 15) is 4.79 Å². The predicted molar refractivity (Wildman–Crippen MR) is 105 cm³/mol. The highest BCUT2D eigenvalue weighted by Crippen LogP contribution is 2.23. The molecule has 0 fully saturated rings. The van der Waals surface area contributed by atoms with E-state index < -0.39 is 6.04 Å². The van der Waals surface area contributed by atoms with Gasteiger partial charge in [0.05, 0.1) is 0 Å². The number of carbonyl (C=O) groups is 1. The summed E-state index contributed by atoms with van der Waals surface area (Å²) in [5.41, 5.74) is 0.861. The Balaban J connectivity index is 1.64. The van der Waals surface area contributed by atoms with E-state index in [1.54, 1.807) is 12.1 Å². The largest absolute Gasteiger partial charge is 0.484 e. The van der Waals surface area contributed by atoms with E-state index in [1.807, 2.05) is 56.3 Å². The molecule has 1 aromatic heterocycles. The van der Waals surface area contributed by atoms with Gasteiger partial charge in [0.15, 0.2) is 6.61 Å². The summed E-state index contributed by atoms with van der Waals surface area (Å²) in [6.45, 7) is 3.87. The third kappa shape index (κ3) is 5.17. The van der Waals surface area contributed by atoms with Crippen LogP contribution in [0.4, 0.5) is 0 Å². The molecule has 0 aliphatic carbocycles. The van der Waals surface area contributed by atoms with Crippen LogP contribution in [0.2, 0.25) is 0 Å². The van der Waals surface area contributed by atoms with Gasteiger partial charge < -0.3 is 14.6 Å². The van der Waals surface area contributed by atoms with Gasteiger partial charge in [0.2, 0.25) is 11.7 Å². The molecule has 6 nitrogen and oxygen atoms in total. The second kappa shape index (κ2) is 8.81. The highest BCUT2D eigenvalue weighted by atomic mass is 79.9. The lowest BCUT2D eigenvalue weighted by molar-refractivity contribution is -0.124. The minimum absolute atomic E-state index is 0.0747. The van der Waals surface area contributed by atoms with Gasteiger partial charge in [-0.05, 0) is 30.2 Å². The van der Waals surface area contributed by atoms with E-state index in [-0.39, 0.29) is 18.4 Å². The van der Waals surface area contributed by atoms with E-state index in [1.165, 1.54) is 0 Å². The number of ether oxygens (including phenoxy) is 1. The molecule has 1 atom stereocenters. The van der Waals surface area contributed by atoms with Crippen molar-refractivity contribution in [2.24, 2.45) is 5.92 Å². The molecule has 0 unspecified atom stereocenters. The molecule has 3 rings (SSSR count). The Kier molecular flexibility index (Phi) is 6.24. The molecular formula is C20H20BrN3O3. The first-order valence-electron chi connectivity index (χ1n) is 8.59.